The van der Waals surface area contributed by atoms with Crippen LogP contribution in [0.3, 0.4) is 0 Å². The summed E-state index contributed by atoms with van der Waals surface area (Å²) in [6.07, 6.45) is 1.62. The van der Waals surface area contributed by atoms with E-state index in [4.69, 9.17) is 11.6 Å². The molecule has 1 aliphatic rings. The third kappa shape index (κ3) is 2.61. The van der Waals surface area contributed by atoms with E-state index in [0.717, 1.165) is 11.8 Å². The van der Waals surface area contributed by atoms with Crippen LogP contribution in [-0.2, 0) is 0 Å². The molecule has 110 valence electrons. The van der Waals surface area contributed by atoms with Gasteiger partial charge in [0.1, 0.15) is 5.15 Å². The summed E-state index contributed by atoms with van der Waals surface area (Å²) in [6, 6.07) is 9.04. The Labute approximate surface area is 128 Å². The summed E-state index contributed by atoms with van der Waals surface area (Å²) in [5.41, 5.74) is 0.527. The Bertz CT molecular complexity index is 696. The fourth-order valence-electron chi connectivity index (χ4n) is 2.92. The number of likely N-dealkylation sites (tertiary alicyclic amines) is 1. The van der Waals surface area contributed by atoms with Crippen molar-refractivity contribution in [3.8, 4) is 0 Å². The van der Waals surface area contributed by atoms with Crippen LogP contribution in [0.15, 0.2) is 30.3 Å². The summed E-state index contributed by atoms with van der Waals surface area (Å²) in [7, 11) is 0. The van der Waals surface area contributed by atoms with E-state index in [1.54, 1.807) is 11.0 Å². The first-order valence-corrected chi connectivity index (χ1v) is 7.47. The van der Waals surface area contributed by atoms with Gasteiger partial charge in [-0.15, -0.1) is 0 Å². The van der Waals surface area contributed by atoms with Gasteiger partial charge in [0.2, 0.25) is 0 Å². The summed E-state index contributed by atoms with van der Waals surface area (Å²) in [4.78, 5) is 18.5. The number of carbonyl (C=O) groups excluding carboxylic acids is 1. The van der Waals surface area contributed by atoms with E-state index in [2.05, 4.69) is 4.98 Å². The number of carbonyl (C=O) groups is 1. The number of fused-ring (bicyclic) bond motifs is 1. The maximum atomic E-state index is 12.6. The molecule has 1 saturated heterocycles. The molecule has 2 heterocycles. The maximum Gasteiger partial charge on any atom is 0.254 e. The van der Waals surface area contributed by atoms with Gasteiger partial charge in [0, 0.05) is 5.39 Å². The molecule has 0 saturated carbocycles. The van der Waals surface area contributed by atoms with Crippen molar-refractivity contribution in [2.24, 2.45) is 0 Å². The highest BCUT2D eigenvalue weighted by atomic mass is 35.5. The molecule has 4 nitrogen and oxygen atoms in total. The number of pyridine rings is 1. The second kappa shape index (κ2) is 5.28. The highest BCUT2D eigenvalue weighted by Crippen LogP contribution is 2.29. The monoisotopic (exact) mass is 304 g/mol. The van der Waals surface area contributed by atoms with Gasteiger partial charge in [-0.2, -0.15) is 0 Å². The third-order valence-electron chi connectivity index (χ3n) is 3.89. The third-order valence-corrected chi connectivity index (χ3v) is 4.08. The second-order valence-corrected chi connectivity index (χ2v) is 6.03. The molecule has 21 heavy (non-hydrogen) atoms. The van der Waals surface area contributed by atoms with Gasteiger partial charge >= 0.3 is 0 Å². The van der Waals surface area contributed by atoms with Crippen molar-refractivity contribution in [3.05, 3.63) is 41.0 Å². The molecule has 5 heteroatoms. The van der Waals surface area contributed by atoms with Crippen molar-refractivity contribution >= 4 is 28.4 Å². The zero-order chi connectivity index (χ0) is 15.0. The minimum Gasteiger partial charge on any atom is -0.386 e. The normalized spacial score (nSPS) is 16.8. The summed E-state index contributed by atoms with van der Waals surface area (Å²) < 4.78 is 0. The van der Waals surface area contributed by atoms with Crippen LogP contribution in [0.25, 0.3) is 10.9 Å². The quantitative estimate of drug-likeness (QED) is 0.887. The molecular weight excluding hydrogens is 288 g/mol. The zero-order valence-corrected chi connectivity index (χ0v) is 12.6. The Morgan fingerprint density at radius 1 is 1.43 bits per heavy atom. The number of nitrogens with zero attached hydrogens (tertiary/aromatic N) is 2. The molecule has 1 aliphatic heterocycles. The summed E-state index contributed by atoms with van der Waals surface area (Å²) in [5, 5.41) is 11.3. The van der Waals surface area contributed by atoms with Crippen LogP contribution in [0.2, 0.25) is 5.15 Å². The molecule has 0 radical (unpaired) electrons. The Hall–Kier alpha value is -1.65. The predicted octanol–water partition coefficient (Wildman–Crippen LogP) is 2.88. The topological polar surface area (TPSA) is 53.4 Å². The van der Waals surface area contributed by atoms with Gasteiger partial charge in [0.05, 0.1) is 29.8 Å². The molecule has 0 unspecified atom stereocenters. The molecule has 0 spiro atoms. The maximum absolute atomic E-state index is 12.6. The lowest BCUT2D eigenvalue weighted by atomic mass is 9.88. The van der Waals surface area contributed by atoms with Crippen molar-refractivity contribution in [1.82, 2.24) is 9.88 Å². The minimum atomic E-state index is -0.725. The number of halogens is 1. The predicted molar refractivity (Wildman–Crippen MR) is 82.5 cm³/mol. The lowest BCUT2D eigenvalue weighted by molar-refractivity contribution is -0.0859. The van der Waals surface area contributed by atoms with Crippen LogP contribution >= 0.6 is 11.6 Å². The van der Waals surface area contributed by atoms with E-state index >= 15 is 0 Å². The Morgan fingerprint density at radius 3 is 2.86 bits per heavy atom. The average molecular weight is 305 g/mol. The van der Waals surface area contributed by atoms with E-state index in [1.165, 1.54) is 0 Å². The molecule has 1 N–H and O–H groups in total. The van der Waals surface area contributed by atoms with E-state index in [-0.39, 0.29) is 5.91 Å². The van der Waals surface area contributed by atoms with Crippen LogP contribution < -0.4 is 0 Å². The molecule has 0 aliphatic carbocycles. The number of β-amino-alcohol motifs (C(OH)–C–C–N with tert-alkyl or cyclic N) is 1. The van der Waals surface area contributed by atoms with Crippen molar-refractivity contribution in [2.45, 2.75) is 25.4 Å². The van der Waals surface area contributed by atoms with Gasteiger partial charge in [-0.05, 0) is 18.6 Å². The molecule has 1 aromatic heterocycles. The zero-order valence-electron chi connectivity index (χ0n) is 11.8. The first-order valence-electron chi connectivity index (χ1n) is 7.09. The SMILES string of the molecule is CCCC1(O)CN(C(=O)c2cc(Cl)nc3ccccc23)C1. The van der Waals surface area contributed by atoms with Gasteiger partial charge in [0.25, 0.3) is 5.91 Å². The van der Waals surface area contributed by atoms with Crippen molar-refractivity contribution in [3.63, 3.8) is 0 Å². The average Bonchev–Trinajstić information content (AvgIpc) is 2.43. The molecule has 2 aromatic rings. The summed E-state index contributed by atoms with van der Waals surface area (Å²) >= 11 is 6.01. The van der Waals surface area contributed by atoms with Crippen molar-refractivity contribution in [2.75, 3.05) is 13.1 Å². The lowest BCUT2D eigenvalue weighted by Crippen LogP contribution is -2.63. The summed E-state index contributed by atoms with van der Waals surface area (Å²) in [5.74, 6) is -0.101. The number of amides is 1. The molecule has 0 bridgehead atoms. The largest absolute Gasteiger partial charge is 0.386 e. The van der Waals surface area contributed by atoms with E-state index in [0.29, 0.717) is 35.7 Å². The number of para-hydroxylation sites is 1. The smallest absolute Gasteiger partial charge is 0.254 e. The van der Waals surface area contributed by atoms with Gasteiger partial charge in [-0.25, -0.2) is 4.98 Å². The molecule has 0 atom stereocenters. The van der Waals surface area contributed by atoms with Crippen molar-refractivity contribution in [1.29, 1.82) is 0 Å². The first-order chi connectivity index (χ1) is 10.0. The van der Waals surface area contributed by atoms with Crippen molar-refractivity contribution < 1.29 is 9.90 Å². The first kappa shape index (κ1) is 14.3. The van der Waals surface area contributed by atoms with Gasteiger partial charge in [0.15, 0.2) is 0 Å². The standard InChI is InChI=1S/C16H17ClN2O2/c1-2-7-16(21)9-19(10-16)15(20)12-8-14(17)18-13-6-4-3-5-11(12)13/h3-6,8,21H,2,7,9-10H2,1H3. The van der Waals surface area contributed by atoms with Crippen LogP contribution in [0, 0.1) is 0 Å². The van der Waals surface area contributed by atoms with Crippen LogP contribution in [0.1, 0.15) is 30.1 Å². The number of aromatic nitrogens is 1. The highest BCUT2D eigenvalue weighted by molar-refractivity contribution is 6.30. The van der Waals surface area contributed by atoms with Gasteiger partial charge < -0.3 is 10.0 Å². The van der Waals surface area contributed by atoms with Crippen LogP contribution in [0.4, 0.5) is 0 Å². The number of hydrogen-bond donors (Lipinski definition) is 1. The van der Waals surface area contributed by atoms with E-state index in [1.807, 2.05) is 31.2 Å². The van der Waals surface area contributed by atoms with E-state index < -0.39 is 5.60 Å². The fourth-order valence-corrected chi connectivity index (χ4v) is 3.12. The number of benzene rings is 1. The van der Waals surface area contributed by atoms with Gasteiger partial charge in [-0.1, -0.05) is 43.1 Å². The Balaban J connectivity index is 1.90. The number of aliphatic hydroxyl groups is 1. The molecule has 1 amide bonds. The molecule has 1 aromatic carbocycles. The number of rotatable bonds is 3. The Kier molecular flexibility index (Phi) is 3.59. The van der Waals surface area contributed by atoms with Crippen LogP contribution in [0.5, 0.6) is 0 Å². The number of hydrogen-bond acceptors (Lipinski definition) is 3. The Morgan fingerprint density at radius 2 is 2.14 bits per heavy atom. The minimum absolute atomic E-state index is 0.101. The second-order valence-electron chi connectivity index (χ2n) is 5.65. The van der Waals surface area contributed by atoms with E-state index in [9.17, 15) is 9.90 Å². The molecule has 1 fully saturated rings. The fraction of sp³-hybridized carbons (Fsp3) is 0.375. The van der Waals surface area contributed by atoms with Crippen LogP contribution in [-0.4, -0.2) is 39.6 Å². The molecular formula is C16H17ClN2O2. The highest BCUT2D eigenvalue weighted by Gasteiger charge is 2.43. The molecule has 3 rings (SSSR count). The van der Waals surface area contributed by atoms with Gasteiger partial charge in [-0.3, -0.25) is 4.79 Å². The lowest BCUT2D eigenvalue weighted by Gasteiger charge is -2.46. The summed E-state index contributed by atoms with van der Waals surface area (Å²) in [6.45, 7) is 2.79.